The summed E-state index contributed by atoms with van der Waals surface area (Å²) < 4.78 is 0. The van der Waals surface area contributed by atoms with Crippen LogP contribution in [0.3, 0.4) is 0 Å². The lowest BCUT2D eigenvalue weighted by atomic mass is 10.2. The molecular formula is C14H12ClNO2. The van der Waals surface area contributed by atoms with Gasteiger partial charge in [-0.05, 0) is 36.8 Å². The van der Waals surface area contributed by atoms with E-state index >= 15 is 0 Å². The van der Waals surface area contributed by atoms with Crippen LogP contribution in [0.1, 0.15) is 11.1 Å². The third kappa shape index (κ3) is 2.63. The monoisotopic (exact) mass is 261 g/mol. The second kappa shape index (κ2) is 5.10. The number of phenolic OH excluding ortho intramolecular Hbond substituents is 2. The molecule has 0 saturated heterocycles. The van der Waals surface area contributed by atoms with Gasteiger partial charge in [-0.2, -0.15) is 0 Å². The number of hydrogen-bond acceptors (Lipinski definition) is 3. The molecule has 0 saturated carbocycles. The Labute approximate surface area is 110 Å². The van der Waals surface area contributed by atoms with Crippen LogP contribution in [0.25, 0.3) is 0 Å². The van der Waals surface area contributed by atoms with Crippen molar-refractivity contribution in [1.29, 1.82) is 0 Å². The van der Waals surface area contributed by atoms with Crippen molar-refractivity contribution in [3.63, 3.8) is 0 Å². The number of rotatable bonds is 2. The molecule has 2 N–H and O–H groups in total. The minimum Gasteiger partial charge on any atom is -0.508 e. The Morgan fingerprint density at radius 3 is 2.67 bits per heavy atom. The molecule has 0 radical (unpaired) electrons. The largest absolute Gasteiger partial charge is 0.508 e. The minimum absolute atomic E-state index is 0.0153. The van der Waals surface area contributed by atoms with Crippen LogP contribution >= 0.6 is 11.6 Å². The van der Waals surface area contributed by atoms with Crippen molar-refractivity contribution in [3.8, 4) is 11.5 Å². The van der Waals surface area contributed by atoms with E-state index in [0.29, 0.717) is 10.6 Å². The summed E-state index contributed by atoms with van der Waals surface area (Å²) in [6.07, 6.45) is 1.54. The summed E-state index contributed by atoms with van der Waals surface area (Å²) in [6.45, 7) is 1.88. The fourth-order valence-corrected chi connectivity index (χ4v) is 1.69. The zero-order chi connectivity index (χ0) is 13.1. The van der Waals surface area contributed by atoms with Gasteiger partial charge in [-0.25, -0.2) is 0 Å². The standard InChI is InChI=1S/C14H12ClNO2/c1-9-12(15)3-2-4-13(9)16-8-10-5-6-11(17)7-14(10)18/h2-8,17-18H,1H3. The Bertz CT molecular complexity index is 609. The molecular weight excluding hydrogens is 250 g/mol. The highest BCUT2D eigenvalue weighted by Gasteiger charge is 2.02. The lowest BCUT2D eigenvalue weighted by Gasteiger charge is -2.02. The highest BCUT2D eigenvalue weighted by atomic mass is 35.5. The molecule has 0 atom stereocenters. The Balaban J connectivity index is 2.33. The molecule has 2 aromatic rings. The molecule has 0 bridgehead atoms. The van der Waals surface area contributed by atoms with Gasteiger partial charge in [-0.3, -0.25) is 4.99 Å². The van der Waals surface area contributed by atoms with Gasteiger partial charge in [0.1, 0.15) is 11.5 Å². The van der Waals surface area contributed by atoms with Crippen molar-refractivity contribution in [2.75, 3.05) is 0 Å². The normalized spacial score (nSPS) is 11.0. The maximum Gasteiger partial charge on any atom is 0.128 e. The lowest BCUT2D eigenvalue weighted by molar-refractivity contribution is 0.450. The van der Waals surface area contributed by atoms with Crippen molar-refractivity contribution < 1.29 is 10.2 Å². The summed E-state index contributed by atoms with van der Waals surface area (Å²) in [7, 11) is 0. The van der Waals surface area contributed by atoms with Gasteiger partial charge in [0.25, 0.3) is 0 Å². The van der Waals surface area contributed by atoms with Gasteiger partial charge in [0.2, 0.25) is 0 Å². The Morgan fingerprint density at radius 1 is 1.17 bits per heavy atom. The minimum atomic E-state index is -0.0153. The number of aliphatic imine (C=N–C) groups is 1. The number of benzene rings is 2. The van der Waals surface area contributed by atoms with E-state index in [4.69, 9.17) is 11.6 Å². The van der Waals surface area contributed by atoms with Gasteiger partial charge in [-0.15, -0.1) is 0 Å². The molecule has 3 nitrogen and oxygen atoms in total. The fourth-order valence-electron chi connectivity index (χ4n) is 1.52. The second-order valence-electron chi connectivity index (χ2n) is 3.89. The van der Waals surface area contributed by atoms with Crippen molar-refractivity contribution >= 4 is 23.5 Å². The molecule has 2 rings (SSSR count). The molecule has 0 aliphatic heterocycles. The molecule has 18 heavy (non-hydrogen) atoms. The molecule has 0 aliphatic carbocycles. The van der Waals surface area contributed by atoms with Crippen molar-refractivity contribution in [2.45, 2.75) is 6.92 Å². The molecule has 0 spiro atoms. The summed E-state index contributed by atoms with van der Waals surface area (Å²) in [5.74, 6) is 0.00187. The first kappa shape index (κ1) is 12.5. The number of halogens is 1. The topological polar surface area (TPSA) is 52.8 Å². The van der Waals surface area contributed by atoms with Crippen LogP contribution in [0.4, 0.5) is 5.69 Å². The molecule has 0 aromatic heterocycles. The molecule has 0 unspecified atom stereocenters. The van der Waals surface area contributed by atoms with E-state index in [1.54, 1.807) is 12.1 Å². The average molecular weight is 262 g/mol. The first-order valence-electron chi connectivity index (χ1n) is 5.39. The van der Waals surface area contributed by atoms with E-state index in [-0.39, 0.29) is 11.5 Å². The summed E-state index contributed by atoms with van der Waals surface area (Å²) >= 11 is 5.99. The van der Waals surface area contributed by atoms with E-state index < -0.39 is 0 Å². The smallest absolute Gasteiger partial charge is 0.128 e. The zero-order valence-electron chi connectivity index (χ0n) is 9.76. The summed E-state index contributed by atoms with van der Waals surface area (Å²) in [4.78, 5) is 4.28. The Hall–Kier alpha value is -2.00. The number of nitrogens with zero attached hydrogens (tertiary/aromatic N) is 1. The van der Waals surface area contributed by atoms with E-state index in [2.05, 4.69) is 4.99 Å². The van der Waals surface area contributed by atoms with Crippen LogP contribution in [0.15, 0.2) is 41.4 Å². The van der Waals surface area contributed by atoms with Crippen LogP contribution in [-0.2, 0) is 0 Å². The van der Waals surface area contributed by atoms with E-state index in [0.717, 1.165) is 11.3 Å². The average Bonchev–Trinajstić information content (AvgIpc) is 2.33. The third-order valence-electron chi connectivity index (χ3n) is 2.60. The van der Waals surface area contributed by atoms with Gasteiger partial charge >= 0.3 is 0 Å². The fraction of sp³-hybridized carbons (Fsp3) is 0.0714. The first-order chi connectivity index (χ1) is 8.58. The summed E-state index contributed by atoms with van der Waals surface area (Å²) in [5, 5.41) is 19.4. The van der Waals surface area contributed by atoms with Gasteiger partial charge in [0.05, 0.1) is 5.69 Å². The molecule has 2 aromatic carbocycles. The molecule has 0 fully saturated rings. The van der Waals surface area contributed by atoms with Crippen LogP contribution in [0.2, 0.25) is 5.02 Å². The quantitative estimate of drug-likeness (QED) is 0.808. The predicted octanol–water partition coefficient (Wildman–Crippen LogP) is 3.81. The predicted molar refractivity (Wildman–Crippen MR) is 73.2 cm³/mol. The summed E-state index contributed by atoms with van der Waals surface area (Å²) in [6, 6.07) is 9.81. The van der Waals surface area contributed by atoms with Crippen molar-refractivity contribution in [1.82, 2.24) is 0 Å². The molecule has 0 amide bonds. The van der Waals surface area contributed by atoms with Crippen LogP contribution in [0.5, 0.6) is 11.5 Å². The van der Waals surface area contributed by atoms with Crippen LogP contribution in [0, 0.1) is 6.92 Å². The van der Waals surface area contributed by atoms with E-state index in [9.17, 15) is 10.2 Å². The van der Waals surface area contributed by atoms with Crippen LogP contribution in [-0.4, -0.2) is 16.4 Å². The number of phenols is 2. The van der Waals surface area contributed by atoms with Crippen LogP contribution < -0.4 is 0 Å². The van der Waals surface area contributed by atoms with E-state index in [1.807, 2.05) is 19.1 Å². The van der Waals surface area contributed by atoms with Crippen molar-refractivity contribution in [2.24, 2.45) is 4.99 Å². The van der Waals surface area contributed by atoms with Gasteiger partial charge < -0.3 is 10.2 Å². The zero-order valence-corrected chi connectivity index (χ0v) is 10.5. The van der Waals surface area contributed by atoms with Gasteiger partial charge in [0, 0.05) is 22.9 Å². The van der Waals surface area contributed by atoms with Gasteiger partial charge in [0.15, 0.2) is 0 Å². The van der Waals surface area contributed by atoms with Crippen molar-refractivity contribution in [3.05, 3.63) is 52.5 Å². The van der Waals surface area contributed by atoms with E-state index in [1.165, 1.54) is 18.3 Å². The molecule has 0 heterocycles. The Kier molecular flexibility index (Phi) is 3.53. The highest BCUT2D eigenvalue weighted by Crippen LogP contribution is 2.26. The lowest BCUT2D eigenvalue weighted by Crippen LogP contribution is -1.83. The first-order valence-corrected chi connectivity index (χ1v) is 5.77. The maximum atomic E-state index is 9.62. The highest BCUT2D eigenvalue weighted by molar-refractivity contribution is 6.31. The summed E-state index contributed by atoms with van der Waals surface area (Å²) in [5.41, 5.74) is 2.16. The number of hydrogen-bond donors (Lipinski definition) is 2. The molecule has 0 aliphatic rings. The second-order valence-corrected chi connectivity index (χ2v) is 4.29. The molecule has 4 heteroatoms. The Morgan fingerprint density at radius 2 is 1.94 bits per heavy atom. The van der Waals surface area contributed by atoms with Gasteiger partial charge in [-0.1, -0.05) is 17.7 Å². The SMILES string of the molecule is Cc1c(Cl)cccc1N=Cc1ccc(O)cc1O. The third-order valence-corrected chi connectivity index (χ3v) is 3.01. The maximum absolute atomic E-state index is 9.62. The molecule has 92 valence electrons. The number of aromatic hydroxyl groups is 2.